The van der Waals surface area contributed by atoms with Gasteiger partial charge in [0.25, 0.3) is 0 Å². The number of nitrogens with one attached hydrogen (secondary N) is 1. The number of aliphatic hydroxyl groups is 1. The standard InChI is InChI=1S/C12H20N4O3S/c1-15-9-11(7-14-15)20(18,19)16-5-3-12(17)2-4-13-6-10(12)8-16/h7,9-10,13,17H,2-6,8H2,1H3/t10-,12-/m0/s1. The molecule has 2 fully saturated rings. The third-order valence-corrected chi connectivity index (χ3v) is 6.24. The molecule has 2 aliphatic heterocycles. The van der Waals surface area contributed by atoms with E-state index in [1.165, 1.54) is 21.4 Å². The van der Waals surface area contributed by atoms with Crippen LogP contribution < -0.4 is 5.32 Å². The first-order chi connectivity index (χ1) is 9.42. The van der Waals surface area contributed by atoms with Crippen molar-refractivity contribution in [3.63, 3.8) is 0 Å². The lowest BCUT2D eigenvalue weighted by molar-refractivity contribution is -0.0744. The van der Waals surface area contributed by atoms with E-state index in [2.05, 4.69) is 10.4 Å². The van der Waals surface area contributed by atoms with Crippen molar-refractivity contribution in [1.82, 2.24) is 19.4 Å². The number of hydrogen-bond acceptors (Lipinski definition) is 5. The lowest BCUT2D eigenvalue weighted by atomic mass is 9.77. The predicted octanol–water partition coefficient (Wildman–Crippen LogP) is -0.845. The van der Waals surface area contributed by atoms with Gasteiger partial charge >= 0.3 is 0 Å². The Morgan fingerprint density at radius 1 is 1.50 bits per heavy atom. The Labute approximate surface area is 118 Å². The Balaban J connectivity index is 1.82. The van der Waals surface area contributed by atoms with Gasteiger partial charge in [-0.25, -0.2) is 8.42 Å². The minimum absolute atomic E-state index is 0.0450. The van der Waals surface area contributed by atoms with Gasteiger partial charge in [0.2, 0.25) is 10.0 Å². The van der Waals surface area contributed by atoms with Crippen molar-refractivity contribution in [2.24, 2.45) is 13.0 Å². The summed E-state index contributed by atoms with van der Waals surface area (Å²) < 4.78 is 28.0. The van der Waals surface area contributed by atoms with Crippen LogP contribution in [0.3, 0.4) is 0 Å². The summed E-state index contributed by atoms with van der Waals surface area (Å²) in [5.74, 6) is -0.0450. The highest BCUT2D eigenvalue weighted by molar-refractivity contribution is 7.89. The molecule has 3 rings (SSSR count). The molecule has 7 nitrogen and oxygen atoms in total. The second-order valence-electron chi connectivity index (χ2n) is 5.72. The van der Waals surface area contributed by atoms with E-state index in [0.29, 0.717) is 32.5 Å². The Kier molecular flexibility index (Phi) is 3.36. The molecule has 0 spiro atoms. The van der Waals surface area contributed by atoms with Crippen LogP contribution in [0, 0.1) is 5.92 Å². The fraction of sp³-hybridized carbons (Fsp3) is 0.750. The first kappa shape index (κ1) is 14.0. The first-order valence-corrected chi connectivity index (χ1v) is 8.28. The van der Waals surface area contributed by atoms with E-state index in [1.54, 1.807) is 7.05 Å². The summed E-state index contributed by atoms with van der Waals surface area (Å²) in [5.41, 5.74) is -0.716. The van der Waals surface area contributed by atoms with Crippen LogP contribution in [0.25, 0.3) is 0 Å². The molecule has 2 N–H and O–H groups in total. The third-order valence-electron chi connectivity index (χ3n) is 4.42. The van der Waals surface area contributed by atoms with Crippen molar-refractivity contribution >= 4 is 10.0 Å². The van der Waals surface area contributed by atoms with Gasteiger partial charge in [-0.15, -0.1) is 0 Å². The molecule has 0 aliphatic carbocycles. The van der Waals surface area contributed by atoms with Crippen molar-refractivity contribution in [2.75, 3.05) is 26.2 Å². The van der Waals surface area contributed by atoms with E-state index >= 15 is 0 Å². The summed E-state index contributed by atoms with van der Waals surface area (Å²) >= 11 is 0. The van der Waals surface area contributed by atoms with Gasteiger partial charge in [-0.2, -0.15) is 9.40 Å². The second kappa shape index (κ2) is 4.80. The third kappa shape index (κ3) is 2.26. The number of aryl methyl sites for hydroxylation is 1. The lowest BCUT2D eigenvalue weighted by Gasteiger charge is -2.46. The highest BCUT2D eigenvalue weighted by Crippen LogP contribution is 2.34. The van der Waals surface area contributed by atoms with E-state index in [4.69, 9.17) is 0 Å². The number of sulfonamides is 1. The van der Waals surface area contributed by atoms with Gasteiger partial charge in [0.15, 0.2) is 0 Å². The van der Waals surface area contributed by atoms with Gasteiger partial charge in [-0.1, -0.05) is 0 Å². The zero-order valence-corrected chi connectivity index (χ0v) is 12.3. The van der Waals surface area contributed by atoms with Gasteiger partial charge in [0.1, 0.15) is 4.90 Å². The molecule has 8 heteroatoms. The first-order valence-electron chi connectivity index (χ1n) is 6.84. The van der Waals surface area contributed by atoms with Crippen molar-refractivity contribution in [2.45, 2.75) is 23.3 Å². The van der Waals surface area contributed by atoms with E-state index in [-0.39, 0.29) is 10.8 Å². The summed E-state index contributed by atoms with van der Waals surface area (Å²) in [6.45, 7) is 2.18. The highest BCUT2D eigenvalue weighted by Gasteiger charge is 2.45. The molecule has 112 valence electrons. The maximum absolute atomic E-state index is 12.5. The van der Waals surface area contributed by atoms with Crippen molar-refractivity contribution < 1.29 is 13.5 Å². The Hall–Kier alpha value is -0.960. The van der Waals surface area contributed by atoms with Crippen LogP contribution in [0.1, 0.15) is 12.8 Å². The molecule has 1 aromatic heterocycles. The van der Waals surface area contributed by atoms with Gasteiger partial charge in [0, 0.05) is 38.8 Å². The smallest absolute Gasteiger partial charge is 0.246 e. The summed E-state index contributed by atoms with van der Waals surface area (Å²) in [4.78, 5) is 0.217. The molecule has 1 aromatic rings. The van der Waals surface area contributed by atoms with Gasteiger partial charge < -0.3 is 10.4 Å². The van der Waals surface area contributed by atoms with Crippen LogP contribution in [0.5, 0.6) is 0 Å². The molecule has 2 aliphatic rings. The van der Waals surface area contributed by atoms with Crippen molar-refractivity contribution in [1.29, 1.82) is 0 Å². The second-order valence-corrected chi connectivity index (χ2v) is 7.66. The fourth-order valence-electron chi connectivity index (χ4n) is 3.09. The molecule has 20 heavy (non-hydrogen) atoms. The Morgan fingerprint density at radius 3 is 3.00 bits per heavy atom. The maximum Gasteiger partial charge on any atom is 0.246 e. The number of nitrogens with zero attached hydrogens (tertiary/aromatic N) is 3. The minimum atomic E-state index is -3.51. The molecule has 2 atom stereocenters. The van der Waals surface area contributed by atoms with Crippen LogP contribution in [0.2, 0.25) is 0 Å². The van der Waals surface area contributed by atoms with E-state index in [9.17, 15) is 13.5 Å². The van der Waals surface area contributed by atoms with Crippen LogP contribution in [0.4, 0.5) is 0 Å². The summed E-state index contributed by atoms with van der Waals surface area (Å²) in [6.07, 6.45) is 4.07. The highest BCUT2D eigenvalue weighted by atomic mass is 32.2. The zero-order valence-electron chi connectivity index (χ0n) is 11.5. The Morgan fingerprint density at radius 2 is 2.30 bits per heavy atom. The van der Waals surface area contributed by atoms with E-state index in [1.807, 2.05) is 0 Å². The monoisotopic (exact) mass is 300 g/mol. The maximum atomic E-state index is 12.5. The number of hydrogen-bond donors (Lipinski definition) is 2. The van der Waals surface area contributed by atoms with Crippen LogP contribution in [-0.2, 0) is 17.1 Å². The van der Waals surface area contributed by atoms with Crippen LogP contribution >= 0.6 is 0 Å². The molecule has 0 unspecified atom stereocenters. The summed E-state index contributed by atoms with van der Waals surface area (Å²) in [5, 5.41) is 17.7. The molecular weight excluding hydrogens is 280 g/mol. The molecular formula is C12H20N4O3S. The van der Waals surface area contributed by atoms with Crippen molar-refractivity contribution in [3.05, 3.63) is 12.4 Å². The topological polar surface area (TPSA) is 87.5 Å². The molecule has 3 heterocycles. The average molecular weight is 300 g/mol. The number of piperidine rings is 2. The van der Waals surface area contributed by atoms with Crippen LogP contribution in [0.15, 0.2) is 17.3 Å². The normalized spacial score (nSPS) is 32.0. The largest absolute Gasteiger partial charge is 0.389 e. The van der Waals surface area contributed by atoms with E-state index in [0.717, 1.165) is 6.54 Å². The lowest BCUT2D eigenvalue weighted by Crippen LogP contribution is -2.59. The molecule has 0 aromatic carbocycles. The minimum Gasteiger partial charge on any atom is -0.389 e. The van der Waals surface area contributed by atoms with Gasteiger partial charge in [-0.05, 0) is 19.4 Å². The summed E-state index contributed by atoms with van der Waals surface area (Å²) in [6, 6.07) is 0. The zero-order chi connectivity index (χ0) is 14.4. The SMILES string of the molecule is Cn1cc(S(=O)(=O)N2CC[C@@]3(O)CCNC[C@H]3C2)cn1. The van der Waals surface area contributed by atoms with Gasteiger partial charge in [0.05, 0.1) is 11.8 Å². The van der Waals surface area contributed by atoms with E-state index < -0.39 is 15.6 Å². The molecule has 2 saturated heterocycles. The number of rotatable bonds is 2. The fourth-order valence-corrected chi connectivity index (χ4v) is 4.57. The molecule has 0 saturated carbocycles. The number of aromatic nitrogens is 2. The quantitative estimate of drug-likeness (QED) is 0.743. The van der Waals surface area contributed by atoms with Crippen molar-refractivity contribution in [3.8, 4) is 0 Å². The molecule has 0 amide bonds. The predicted molar refractivity (Wildman–Crippen MR) is 72.5 cm³/mol. The summed E-state index contributed by atoms with van der Waals surface area (Å²) in [7, 11) is -1.81. The average Bonchev–Trinajstić information content (AvgIpc) is 2.85. The molecule has 0 radical (unpaired) electrons. The van der Waals surface area contributed by atoms with Crippen LogP contribution in [-0.4, -0.2) is 59.4 Å². The molecule has 0 bridgehead atoms. The Bertz CT molecular complexity index is 600. The van der Waals surface area contributed by atoms with Gasteiger partial charge in [-0.3, -0.25) is 4.68 Å². The number of fused-ring (bicyclic) bond motifs is 1.